The van der Waals surface area contributed by atoms with E-state index in [1.54, 1.807) is 22.8 Å². The lowest BCUT2D eigenvalue weighted by atomic mass is 10.1. The van der Waals surface area contributed by atoms with Crippen molar-refractivity contribution >= 4 is 46.3 Å². The van der Waals surface area contributed by atoms with Crippen LogP contribution in [0.25, 0.3) is 10.9 Å². The summed E-state index contributed by atoms with van der Waals surface area (Å²) in [5, 5.41) is 6.94. The summed E-state index contributed by atoms with van der Waals surface area (Å²) in [5.41, 5.74) is 1.05. The first-order chi connectivity index (χ1) is 17.0. The fourth-order valence-corrected chi connectivity index (χ4v) is 5.68. The highest BCUT2D eigenvalue weighted by Crippen LogP contribution is 2.34. The monoisotopic (exact) mass is 495 g/mol. The van der Waals surface area contributed by atoms with E-state index in [0.29, 0.717) is 60.9 Å². The molecule has 3 aliphatic heterocycles. The zero-order chi connectivity index (χ0) is 24.1. The van der Waals surface area contributed by atoms with Crippen molar-refractivity contribution < 1.29 is 18.7 Å². The quantitative estimate of drug-likeness (QED) is 0.507. The van der Waals surface area contributed by atoms with Gasteiger partial charge in [0.2, 0.25) is 5.91 Å². The molecule has 180 valence electrons. The van der Waals surface area contributed by atoms with Gasteiger partial charge in [0.25, 0.3) is 5.56 Å². The molecule has 0 radical (unpaired) electrons. The molecule has 5 heterocycles. The van der Waals surface area contributed by atoms with Crippen LogP contribution in [-0.4, -0.2) is 46.5 Å². The van der Waals surface area contributed by atoms with Crippen LogP contribution >= 0.6 is 11.8 Å². The van der Waals surface area contributed by atoms with E-state index in [9.17, 15) is 18.8 Å². The highest BCUT2D eigenvalue weighted by molar-refractivity contribution is 8.00. The van der Waals surface area contributed by atoms with Crippen molar-refractivity contribution in [3.05, 3.63) is 58.1 Å². The maximum absolute atomic E-state index is 14.6. The molecule has 0 unspecified atom stereocenters. The molecule has 3 aromatic rings. The topological polar surface area (TPSA) is 106 Å². The van der Waals surface area contributed by atoms with Crippen LogP contribution in [0.2, 0.25) is 0 Å². The van der Waals surface area contributed by atoms with E-state index < -0.39 is 6.09 Å². The second-order valence-electron chi connectivity index (χ2n) is 8.80. The van der Waals surface area contributed by atoms with E-state index in [1.807, 2.05) is 6.07 Å². The highest BCUT2D eigenvalue weighted by Gasteiger charge is 2.34. The predicted octanol–water partition coefficient (Wildman–Crippen LogP) is 3.03. The van der Waals surface area contributed by atoms with Crippen molar-refractivity contribution in [3.8, 4) is 0 Å². The van der Waals surface area contributed by atoms with E-state index >= 15 is 0 Å². The number of carbonyl (C=O) groups is 2. The number of rotatable bonds is 6. The first kappa shape index (κ1) is 22.1. The number of cyclic esters (lactones) is 1. The Morgan fingerprint density at radius 1 is 1.14 bits per heavy atom. The molecule has 0 bridgehead atoms. The number of aromatic nitrogens is 2. The Morgan fingerprint density at radius 3 is 2.89 bits per heavy atom. The molecule has 3 aliphatic rings. The molecule has 2 amide bonds. The first-order valence-electron chi connectivity index (χ1n) is 11.4. The maximum atomic E-state index is 14.6. The van der Waals surface area contributed by atoms with Gasteiger partial charge in [-0.05, 0) is 55.1 Å². The van der Waals surface area contributed by atoms with Gasteiger partial charge in [0.1, 0.15) is 23.6 Å². The summed E-state index contributed by atoms with van der Waals surface area (Å²) in [6.07, 6.45) is 0.563. The summed E-state index contributed by atoms with van der Waals surface area (Å²) in [7, 11) is 0. The number of benzene rings is 1. The molecular formula is C24H22FN5O4S. The minimum absolute atomic E-state index is 0.118. The molecule has 1 saturated heterocycles. The van der Waals surface area contributed by atoms with Crippen molar-refractivity contribution in [2.75, 3.05) is 29.1 Å². The summed E-state index contributed by atoms with van der Waals surface area (Å²) in [4.78, 5) is 43.1. The van der Waals surface area contributed by atoms with Crippen molar-refractivity contribution in [2.45, 2.75) is 36.4 Å². The number of pyridine rings is 2. The van der Waals surface area contributed by atoms with Crippen LogP contribution < -0.4 is 21.1 Å². The number of hydrogen-bond acceptors (Lipinski definition) is 7. The Kier molecular flexibility index (Phi) is 5.45. The SMILES string of the molecule is O=C1CSc2ccc(N3C[C@@H](CCCN[C@H]4Cn5c(=O)ccc6ccc(F)c4c65)OC3=O)nc2N1. The van der Waals surface area contributed by atoms with Crippen LogP contribution in [0.3, 0.4) is 0 Å². The van der Waals surface area contributed by atoms with Gasteiger partial charge in [-0.3, -0.25) is 14.5 Å². The number of thioether (sulfide) groups is 1. The number of amides is 2. The Hall–Kier alpha value is -3.44. The van der Waals surface area contributed by atoms with Gasteiger partial charge in [-0.25, -0.2) is 14.2 Å². The first-order valence-corrected chi connectivity index (χ1v) is 12.4. The molecule has 6 rings (SSSR count). The van der Waals surface area contributed by atoms with Crippen LogP contribution in [0.4, 0.5) is 20.8 Å². The van der Waals surface area contributed by atoms with Crippen LogP contribution in [-0.2, 0) is 16.1 Å². The molecule has 0 aliphatic carbocycles. The van der Waals surface area contributed by atoms with Crippen molar-refractivity contribution in [2.24, 2.45) is 0 Å². The third-order valence-electron chi connectivity index (χ3n) is 6.55. The molecule has 0 saturated carbocycles. The zero-order valence-electron chi connectivity index (χ0n) is 18.6. The van der Waals surface area contributed by atoms with Crippen LogP contribution in [0.15, 0.2) is 46.1 Å². The molecule has 9 nitrogen and oxygen atoms in total. The third-order valence-corrected chi connectivity index (χ3v) is 7.60. The molecule has 1 fully saturated rings. The minimum atomic E-state index is -0.468. The van der Waals surface area contributed by atoms with Crippen molar-refractivity contribution in [3.63, 3.8) is 0 Å². The Balaban J connectivity index is 1.06. The van der Waals surface area contributed by atoms with E-state index in [1.165, 1.54) is 28.8 Å². The molecule has 11 heteroatoms. The predicted molar refractivity (Wildman–Crippen MR) is 129 cm³/mol. The normalized spacial score (nSPS) is 20.8. The molecule has 35 heavy (non-hydrogen) atoms. The third kappa shape index (κ3) is 3.94. The lowest BCUT2D eigenvalue weighted by molar-refractivity contribution is -0.113. The number of hydrogen-bond donors (Lipinski definition) is 2. The number of ether oxygens (including phenoxy) is 1. The molecule has 2 aromatic heterocycles. The van der Waals surface area contributed by atoms with Gasteiger partial charge in [0, 0.05) is 18.2 Å². The lowest BCUT2D eigenvalue weighted by Crippen LogP contribution is -2.28. The average molecular weight is 496 g/mol. The van der Waals surface area contributed by atoms with E-state index in [2.05, 4.69) is 15.6 Å². The van der Waals surface area contributed by atoms with Crippen LogP contribution in [0, 0.1) is 5.82 Å². The van der Waals surface area contributed by atoms with Crippen LogP contribution in [0.1, 0.15) is 24.4 Å². The van der Waals surface area contributed by atoms with Gasteiger partial charge < -0.3 is 19.9 Å². The molecular weight excluding hydrogens is 473 g/mol. The molecule has 1 aromatic carbocycles. The average Bonchev–Trinajstić information content (AvgIpc) is 3.42. The van der Waals surface area contributed by atoms with E-state index in [4.69, 9.17) is 4.74 Å². The number of nitrogens with zero attached hydrogens (tertiary/aromatic N) is 3. The summed E-state index contributed by atoms with van der Waals surface area (Å²) < 4.78 is 21.8. The van der Waals surface area contributed by atoms with Gasteiger partial charge >= 0.3 is 6.09 Å². The minimum Gasteiger partial charge on any atom is -0.444 e. The second-order valence-corrected chi connectivity index (χ2v) is 9.82. The van der Waals surface area contributed by atoms with Gasteiger partial charge in [-0.2, -0.15) is 0 Å². The van der Waals surface area contributed by atoms with Crippen molar-refractivity contribution in [1.82, 2.24) is 14.9 Å². The number of anilines is 2. The fraction of sp³-hybridized carbons (Fsp3) is 0.333. The number of fused-ring (bicyclic) bond motifs is 1. The van der Waals surface area contributed by atoms with Gasteiger partial charge in [-0.15, -0.1) is 11.8 Å². The highest BCUT2D eigenvalue weighted by atomic mass is 32.2. The largest absolute Gasteiger partial charge is 0.444 e. The van der Waals surface area contributed by atoms with E-state index in [-0.39, 0.29) is 29.4 Å². The smallest absolute Gasteiger partial charge is 0.415 e. The Labute approximate surface area is 203 Å². The van der Waals surface area contributed by atoms with Gasteiger partial charge in [-0.1, -0.05) is 0 Å². The van der Waals surface area contributed by atoms with Gasteiger partial charge in [0.05, 0.1) is 28.8 Å². The molecule has 0 spiro atoms. The van der Waals surface area contributed by atoms with Gasteiger partial charge in [0.15, 0.2) is 0 Å². The molecule has 2 N–H and O–H groups in total. The van der Waals surface area contributed by atoms with Crippen LogP contribution in [0.5, 0.6) is 0 Å². The fourth-order valence-electron chi connectivity index (χ4n) is 4.92. The lowest BCUT2D eigenvalue weighted by Gasteiger charge is -2.18. The van der Waals surface area contributed by atoms with E-state index in [0.717, 1.165) is 10.3 Å². The molecule has 2 atom stereocenters. The Bertz CT molecular complexity index is 1430. The standard InChI is InChI=1S/C24H22FN5O4S/c25-15-5-3-13-4-8-20(32)30-11-16(21(15)22(13)30)26-9-1-2-14-10-29(24(33)34-14)18-7-6-17-23(27-18)28-19(31)12-35-17/h3-8,14,16,26H,1-2,9-12H2,(H,27,28,31)/t14-,16+/m1/s1. The Morgan fingerprint density at radius 2 is 2.00 bits per heavy atom. The summed E-state index contributed by atoms with van der Waals surface area (Å²) in [6.45, 7) is 1.33. The van der Waals surface area contributed by atoms with Crippen molar-refractivity contribution in [1.29, 1.82) is 0 Å². The summed E-state index contributed by atoms with van der Waals surface area (Å²) in [6, 6.07) is 9.68. The number of nitrogens with one attached hydrogen (secondary N) is 2. The zero-order valence-corrected chi connectivity index (χ0v) is 19.4. The second kappa shape index (κ2) is 8.65. The number of halogens is 1. The summed E-state index contributed by atoms with van der Waals surface area (Å²) in [5.74, 6) is 0.812. The maximum Gasteiger partial charge on any atom is 0.415 e. The number of carbonyl (C=O) groups excluding carboxylic acids is 2. The summed E-state index contributed by atoms with van der Waals surface area (Å²) >= 11 is 1.41.